The minimum atomic E-state index is -0.766. The maximum atomic E-state index is 14.7. The van der Waals surface area contributed by atoms with Crippen molar-refractivity contribution in [2.75, 3.05) is 25.6 Å². The van der Waals surface area contributed by atoms with E-state index in [1.54, 1.807) is 40.0 Å². The maximum absolute atomic E-state index is 14.7. The van der Waals surface area contributed by atoms with Crippen molar-refractivity contribution < 1.29 is 33.3 Å². The van der Waals surface area contributed by atoms with E-state index in [0.29, 0.717) is 11.5 Å². The summed E-state index contributed by atoms with van der Waals surface area (Å²) in [7, 11) is 1.62. The van der Waals surface area contributed by atoms with Gasteiger partial charge in [0.25, 0.3) is 0 Å². The number of ether oxygens (including phenoxy) is 4. The number of benzene rings is 4. The fraction of sp³-hybridized carbons (Fsp3) is 0.289. The molecule has 10 heteroatoms. The molecule has 5 rings (SSSR count). The van der Waals surface area contributed by atoms with Gasteiger partial charge in [0, 0.05) is 11.4 Å². The van der Waals surface area contributed by atoms with E-state index >= 15 is 0 Å². The third-order valence-electron chi connectivity index (χ3n) is 7.54. The largest absolute Gasteiger partial charge is 0.497 e. The van der Waals surface area contributed by atoms with Gasteiger partial charge in [0.1, 0.15) is 35.0 Å². The lowest BCUT2D eigenvalue weighted by Crippen LogP contribution is -2.44. The SMILES string of the molecule is COc1ccc(CS[C@@H](C(=O)N2C(=O)OC[C@@H]2c2ccccc2)[C@@H](Nc2ccccc2)c2ccc(OCC(=O)OC(C)(C)C)cc2)cc1. The summed E-state index contributed by atoms with van der Waals surface area (Å²) >= 11 is 1.43. The number of nitrogens with zero attached hydrogens (tertiary/aromatic N) is 1. The number of carbonyl (C=O) groups is 3. The number of amides is 2. The summed E-state index contributed by atoms with van der Waals surface area (Å²) in [6.07, 6.45) is -0.673. The van der Waals surface area contributed by atoms with Crippen LogP contribution in [0.4, 0.5) is 10.5 Å². The van der Waals surface area contributed by atoms with Crippen LogP contribution in [0.15, 0.2) is 109 Å². The number of para-hydroxylation sites is 1. The van der Waals surface area contributed by atoms with Crippen LogP contribution in [-0.2, 0) is 24.8 Å². The van der Waals surface area contributed by atoms with E-state index in [0.717, 1.165) is 28.1 Å². The molecule has 1 aliphatic rings. The third kappa shape index (κ3) is 9.10. The molecule has 0 aromatic heterocycles. The molecule has 2 amide bonds. The molecule has 4 aromatic rings. The summed E-state index contributed by atoms with van der Waals surface area (Å²) in [5.41, 5.74) is 2.78. The summed E-state index contributed by atoms with van der Waals surface area (Å²) in [6, 6.07) is 32.8. The summed E-state index contributed by atoms with van der Waals surface area (Å²) < 4.78 is 21.8. The number of rotatable bonds is 13. The highest BCUT2D eigenvalue weighted by atomic mass is 32.2. The predicted molar refractivity (Wildman–Crippen MR) is 186 cm³/mol. The summed E-state index contributed by atoms with van der Waals surface area (Å²) in [6.45, 7) is 5.24. The Bertz CT molecular complexity index is 1660. The lowest BCUT2D eigenvalue weighted by atomic mass is 10.00. The molecule has 1 fully saturated rings. The quantitative estimate of drug-likeness (QED) is 0.144. The average Bonchev–Trinajstić information content (AvgIpc) is 3.48. The van der Waals surface area contributed by atoms with Crippen LogP contribution in [0.2, 0.25) is 0 Å². The number of anilines is 1. The standard InChI is InChI=1S/C38H40N2O7S/c1-38(2,3)47-33(41)24-45-31-21-17-28(18-22-31)34(39-29-13-9-6-10-14-29)35(48-25-26-15-19-30(44-4)20-16-26)36(42)40-32(23-46-37(40)43)27-11-7-5-8-12-27/h5-22,32,34-35,39H,23-25H2,1-4H3/t32-,34+,35-/m1/s1. The second-order valence-electron chi connectivity index (χ2n) is 12.2. The van der Waals surface area contributed by atoms with Gasteiger partial charge in [-0.2, -0.15) is 0 Å². The van der Waals surface area contributed by atoms with E-state index in [2.05, 4.69) is 5.32 Å². The first kappa shape index (κ1) is 34.4. The molecule has 0 unspecified atom stereocenters. The number of methoxy groups -OCH3 is 1. The molecular formula is C38H40N2O7S. The highest BCUT2D eigenvalue weighted by Gasteiger charge is 2.44. The van der Waals surface area contributed by atoms with Crippen molar-refractivity contribution in [1.82, 2.24) is 4.90 Å². The molecule has 1 heterocycles. The summed E-state index contributed by atoms with van der Waals surface area (Å²) in [4.78, 5) is 41.4. The molecule has 250 valence electrons. The average molecular weight is 669 g/mol. The molecule has 1 N–H and O–H groups in total. The van der Waals surface area contributed by atoms with Crippen LogP contribution in [0, 0.1) is 0 Å². The molecular weight excluding hydrogens is 628 g/mol. The number of hydrogen-bond donors (Lipinski definition) is 1. The van der Waals surface area contributed by atoms with E-state index < -0.39 is 35.0 Å². The van der Waals surface area contributed by atoms with Gasteiger partial charge in [-0.1, -0.05) is 72.8 Å². The minimum Gasteiger partial charge on any atom is -0.497 e. The zero-order chi connectivity index (χ0) is 34.1. The van der Waals surface area contributed by atoms with Gasteiger partial charge < -0.3 is 24.3 Å². The van der Waals surface area contributed by atoms with E-state index in [4.69, 9.17) is 18.9 Å². The van der Waals surface area contributed by atoms with Crippen LogP contribution in [0.1, 0.15) is 49.5 Å². The van der Waals surface area contributed by atoms with Crippen LogP contribution in [0.25, 0.3) is 0 Å². The number of hydrogen-bond acceptors (Lipinski definition) is 9. The zero-order valence-corrected chi connectivity index (χ0v) is 28.3. The number of carbonyl (C=O) groups excluding carboxylic acids is 3. The first-order valence-corrected chi connectivity index (χ1v) is 16.7. The van der Waals surface area contributed by atoms with Crippen molar-refractivity contribution in [3.05, 3.63) is 126 Å². The van der Waals surface area contributed by atoms with Crippen molar-refractivity contribution >= 4 is 35.4 Å². The molecule has 9 nitrogen and oxygen atoms in total. The second kappa shape index (κ2) is 15.8. The Balaban J connectivity index is 1.48. The summed E-state index contributed by atoms with van der Waals surface area (Å²) in [5, 5.41) is 2.80. The van der Waals surface area contributed by atoms with Gasteiger partial charge >= 0.3 is 12.1 Å². The molecule has 3 atom stereocenters. The van der Waals surface area contributed by atoms with Crippen molar-refractivity contribution in [2.24, 2.45) is 0 Å². The van der Waals surface area contributed by atoms with Gasteiger partial charge in [-0.05, 0) is 73.9 Å². The number of nitrogens with one attached hydrogen (secondary N) is 1. The fourth-order valence-corrected chi connectivity index (χ4v) is 6.51. The van der Waals surface area contributed by atoms with Gasteiger partial charge in [0.05, 0.1) is 13.2 Å². The van der Waals surface area contributed by atoms with E-state index in [1.165, 1.54) is 16.7 Å². The molecule has 0 spiro atoms. The fourth-order valence-electron chi connectivity index (χ4n) is 5.27. The minimum absolute atomic E-state index is 0.0743. The Morgan fingerprint density at radius 1 is 0.896 bits per heavy atom. The monoisotopic (exact) mass is 668 g/mol. The van der Waals surface area contributed by atoms with Crippen molar-refractivity contribution in [3.63, 3.8) is 0 Å². The van der Waals surface area contributed by atoms with Crippen molar-refractivity contribution in [1.29, 1.82) is 0 Å². The van der Waals surface area contributed by atoms with Gasteiger partial charge in [-0.15, -0.1) is 11.8 Å². The first-order valence-electron chi connectivity index (χ1n) is 15.7. The van der Waals surface area contributed by atoms with Crippen LogP contribution < -0.4 is 14.8 Å². The van der Waals surface area contributed by atoms with Gasteiger partial charge in [0.2, 0.25) is 5.91 Å². The highest BCUT2D eigenvalue weighted by molar-refractivity contribution is 7.99. The predicted octanol–water partition coefficient (Wildman–Crippen LogP) is 7.59. The topological polar surface area (TPSA) is 103 Å². The highest BCUT2D eigenvalue weighted by Crippen LogP contribution is 2.38. The molecule has 1 saturated heterocycles. The van der Waals surface area contributed by atoms with Crippen LogP contribution in [-0.4, -0.2) is 54.0 Å². The third-order valence-corrected chi connectivity index (χ3v) is 8.87. The van der Waals surface area contributed by atoms with Crippen LogP contribution >= 0.6 is 11.8 Å². The van der Waals surface area contributed by atoms with Crippen molar-refractivity contribution in [3.8, 4) is 11.5 Å². The van der Waals surface area contributed by atoms with Gasteiger partial charge in [-0.3, -0.25) is 4.79 Å². The Kier molecular flexibility index (Phi) is 11.3. The Morgan fingerprint density at radius 2 is 1.52 bits per heavy atom. The lowest BCUT2D eigenvalue weighted by molar-refractivity contribution is -0.157. The Hall–Kier alpha value is -4.96. The molecule has 0 aliphatic carbocycles. The normalized spacial score (nSPS) is 15.6. The molecule has 1 aliphatic heterocycles. The Morgan fingerprint density at radius 3 is 2.15 bits per heavy atom. The number of thioether (sulfide) groups is 1. The van der Waals surface area contributed by atoms with Crippen molar-refractivity contribution in [2.45, 2.75) is 49.5 Å². The molecule has 0 radical (unpaired) electrons. The Labute approximate surface area is 285 Å². The first-order chi connectivity index (χ1) is 23.1. The van der Waals surface area contributed by atoms with Gasteiger partial charge in [-0.25, -0.2) is 14.5 Å². The zero-order valence-electron chi connectivity index (χ0n) is 27.5. The molecule has 0 bridgehead atoms. The van der Waals surface area contributed by atoms with Gasteiger partial charge in [0.15, 0.2) is 6.61 Å². The van der Waals surface area contributed by atoms with E-state index in [9.17, 15) is 14.4 Å². The smallest absolute Gasteiger partial charge is 0.417 e. The van der Waals surface area contributed by atoms with E-state index in [1.807, 2.05) is 97.1 Å². The van der Waals surface area contributed by atoms with E-state index in [-0.39, 0.29) is 19.1 Å². The second-order valence-corrected chi connectivity index (χ2v) is 13.4. The molecule has 0 saturated carbocycles. The number of cyclic esters (lactones) is 1. The molecule has 48 heavy (non-hydrogen) atoms. The number of esters is 1. The molecule has 4 aromatic carbocycles. The summed E-state index contributed by atoms with van der Waals surface area (Å²) in [5.74, 6) is 0.858. The van der Waals surface area contributed by atoms with Crippen LogP contribution in [0.3, 0.4) is 0 Å². The van der Waals surface area contributed by atoms with Crippen LogP contribution in [0.5, 0.6) is 11.5 Å². The number of imide groups is 1. The maximum Gasteiger partial charge on any atom is 0.417 e. The lowest BCUT2D eigenvalue weighted by Gasteiger charge is -2.32.